The van der Waals surface area contributed by atoms with Crippen LogP contribution in [0.5, 0.6) is 5.75 Å². The maximum Gasteiger partial charge on any atom is 0.256 e. The lowest BCUT2D eigenvalue weighted by Gasteiger charge is -2.08. The number of hydrogen-bond donors (Lipinski definition) is 2. The van der Waals surface area contributed by atoms with Gasteiger partial charge in [0.15, 0.2) is 5.65 Å². The maximum atomic E-state index is 12.7. The molecule has 0 unspecified atom stereocenters. The highest BCUT2D eigenvalue weighted by Gasteiger charge is 2.12. The Morgan fingerprint density at radius 1 is 1.00 bits per heavy atom. The number of hydrogen-bond acceptors (Lipinski definition) is 6. The van der Waals surface area contributed by atoms with Crippen LogP contribution in [0, 0.1) is 6.92 Å². The predicted octanol–water partition coefficient (Wildman–Crippen LogP) is 4.93. The van der Waals surface area contributed by atoms with Crippen LogP contribution in [-0.4, -0.2) is 37.4 Å². The fourth-order valence-corrected chi connectivity index (χ4v) is 3.85. The van der Waals surface area contributed by atoms with E-state index in [0.717, 1.165) is 34.0 Å². The van der Waals surface area contributed by atoms with Gasteiger partial charge in [0, 0.05) is 29.4 Å². The van der Waals surface area contributed by atoms with Crippen LogP contribution in [0.15, 0.2) is 72.8 Å². The molecule has 0 spiro atoms. The van der Waals surface area contributed by atoms with E-state index in [4.69, 9.17) is 4.74 Å². The molecule has 0 atom stereocenters. The number of carbonyl (C=O) groups excluding carboxylic acids is 1. The van der Waals surface area contributed by atoms with Gasteiger partial charge in [0.2, 0.25) is 5.95 Å². The highest BCUT2D eigenvalue weighted by atomic mass is 16.5. The van der Waals surface area contributed by atoms with Gasteiger partial charge in [-0.25, -0.2) is 9.20 Å². The first-order chi connectivity index (χ1) is 17.0. The van der Waals surface area contributed by atoms with Crippen molar-refractivity contribution in [2.24, 2.45) is 0 Å². The van der Waals surface area contributed by atoms with Gasteiger partial charge in [-0.05, 0) is 74.5 Å². The maximum absolute atomic E-state index is 12.7. The third-order valence-corrected chi connectivity index (χ3v) is 5.59. The highest BCUT2D eigenvalue weighted by Crippen LogP contribution is 2.24. The van der Waals surface area contributed by atoms with E-state index in [9.17, 15) is 4.79 Å². The third kappa shape index (κ3) is 4.56. The Morgan fingerprint density at radius 3 is 2.49 bits per heavy atom. The summed E-state index contributed by atoms with van der Waals surface area (Å²) in [6.45, 7) is 4.56. The number of carbonyl (C=O) groups is 1. The second-order valence-corrected chi connectivity index (χ2v) is 7.99. The standard InChI is InChI=1S/C26H25N7O2/c1-4-32-24(16-17(2)30-32)28-25(34)19-8-12-20(13-9-19)27-26-29-23-7-5-6-22(33(23)31-26)18-10-14-21(35-3)15-11-18/h5-16H,4H2,1-3H3,(H,27,31)(H,28,34). The van der Waals surface area contributed by atoms with Gasteiger partial charge in [0.1, 0.15) is 11.6 Å². The number of fused-ring (bicyclic) bond motifs is 1. The predicted molar refractivity (Wildman–Crippen MR) is 135 cm³/mol. The van der Waals surface area contributed by atoms with Crippen molar-refractivity contribution in [1.29, 1.82) is 0 Å². The van der Waals surface area contributed by atoms with Gasteiger partial charge in [0.05, 0.1) is 18.5 Å². The summed E-state index contributed by atoms with van der Waals surface area (Å²) in [5.41, 5.74) is 4.82. The second-order valence-electron chi connectivity index (χ2n) is 7.99. The molecule has 0 bridgehead atoms. The Kier molecular flexibility index (Phi) is 5.88. The lowest BCUT2D eigenvalue weighted by atomic mass is 10.1. The smallest absolute Gasteiger partial charge is 0.256 e. The Morgan fingerprint density at radius 2 is 1.77 bits per heavy atom. The average Bonchev–Trinajstić information content (AvgIpc) is 3.46. The van der Waals surface area contributed by atoms with E-state index in [1.807, 2.05) is 74.5 Å². The lowest BCUT2D eigenvalue weighted by molar-refractivity contribution is 0.102. The largest absolute Gasteiger partial charge is 0.497 e. The molecule has 9 heteroatoms. The fraction of sp³-hybridized carbons (Fsp3) is 0.154. The van der Waals surface area contributed by atoms with Crippen molar-refractivity contribution < 1.29 is 9.53 Å². The number of aromatic nitrogens is 5. The van der Waals surface area contributed by atoms with E-state index in [0.29, 0.717) is 23.9 Å². The average molecular weight is 468 g/mol. The van der Waals surface area contributed by atoms with Crippen LogP contribution in [0.3, 0.4) is 0 Å². The number of nitrogens with zero attached hydrogens (tertiary/aromatic N) is 5. The van der Waals surface area contributed by atoms with Gasteiger partial charge >= 0.3 is 0 Å². The summed E-state index contributed by atoms with van der Waals surface area (Å²) in [4.78, 5) is 17.3. The van der Waals surface area contributed by atoms with Crippen LogP contribution in [0.1, 0.15) is 23.0 Å². The van der Waals surface area contributed by atoms with E-state index in [2.05, 4.69) is 25.8 Å². The topological polar surface area (TPSA) is 98.4 Å². The number of anilines is 3. The minimum absolute atomic E-state index is 0.193. The zero-order valence-corrected chi connectivity index (χ0v) is 19.7. The zero-order valence-electron chi connectivity index (χ0n) is 19.7. The van der Waals surface area contributed by atoms with E-state index in [1.54, 1.807) is 28.4 Å². The summed E-state index contributed by atoms with van der Waals surface area (Å²) < 4.78 is 8.81. The van der Waals surface area contributed by atoms with Crippen LogP contribution in [0.4, 0.5) is 17.5 Å². The number of ether oxygens (including phenoxy) is 1. The second kappa shape index (κ2) is 9.30. The van der Waals surface area contributed by atoms with Crippen LogP contribution < -0.4 is 15.4 Å². The normalized spacial score (nSPS) is 10.9. The number of benzene rings is 2. The summed E-state index contributed by atoms with van der Waals surface area (Å²) in [7, 11) is 1.65. The van der Waals surface area contributed by atoms with Crippen molar-refractivity contribution in [3.63, 3.8) is 0 Å². The quantitative estimate of drug-likeness (QED) is 0.352. The molecule has 0 aliphatic carbocycles. The van der Waals surface area contributed by atoms with E-state index < -0.39 is 0 Å². The Balaban J connectivity index is 1.33. The van der Waals surface area contributed by atoms with Gasteiger partial charge in [-0.2, -0.15) is 10.1 Å². The van der Waals surface area contributed by atoms with Crippen molar-refractivity contribution in [3.05, 3.63) is 84.1 Å². The van der Waals surface area contributed by atoms with Crippen molar-refractivity contribution in [2.45, 2.75) is 20.4 Å². The Bertz CT molecular complexity index is 1480. The molecule has 9 nitrogen and oxygen atoms in total. The fourth-order valence-electron chi connectivity index (χ4n) is 3.85. The minimum Gasteiger partial charge on any atom is -0.497 e. The molecule has 0 saturated carbocycles. The number of pyridine rings is 1. The van der Waals surface area contributed by atoms with Gasteiger partial charge in [-0.1, -0.05) is 6.07 Å². The van der Waals surface area contributed by atoms with Gasteiger partial charge in [-0.3, -0.25) is 4.79 Å². The number of methoxy groups -OCH3 is 1. The van der Waals surface area contributed by atoms with E-state index in [1.165, 1.54) is 0 Å². The number of rotatable bonds is 7. The summed E-state index contributed by atoms with van der Waals surface area (Å²) in [5.74, 6) is 1.75. The first-order valence-corrected chi connectivity index (χ1v) is 11.3. The molecular weight excluding hydrogens is 442 g/mol. The number of nitrogens with one attached hydrogen (secondary N) is 2. The molecule has 35 heavy (non-hydrogen) atoms. The summed E-state index contributed by atoms with van der Waals surface area (Å²) in [6, 6.07) is 22.7. The van der Waals surface area contributed by atoms with Crippen LogP contribution in [-0.2, 0) is 6.54 Å². The first kappa shape index (κ1) is 22.1. The molecule has 5 aromatic rings. The molecule has 3 heterocycles. The molecule has 5 rings (SSSR count). The van der Waals surface area contributed by atoms with Crippen molar-refractivity contribution in [1.82, 2.24) is 24.4 Å². The summed E-state index contributed by atoms with van der Waals surface area (Å²) >= 11 is 0. The SMILES string of the molecule is CCn1nc(C)cc1NC(=O)c1ccc(Nc2nc3cccc(-c4ccc(OC)cc4)n3n2)cc1. The summed E-state index contributed by atoms with van der Waals surface area (Å²) in [6.07, 6.45) is 0. The monoisotopic (exact) mass is 467 g/mol. The molecule has 3 aromatic heterocycles. The van der Waals surface area contributed by atoms with Crippen molar-refractivity contribution >= 4 is 29.0 Å². The number of aryl methyl sites for hydroxylation is 2. The van der Waals surface area contributed by atoms with Gasteiger partial charge in [-0.15, -0.1) is 5.10 Å². The Hall–Kier alpha value is -4.66. The molecule has 2 N–H and O–H groups in total. The lowest BCUT2D eigenvalue weighted by Crippen LogP contribution is -2.15. The summed E-state index contributed by atoms with van der Waals surface area (Å²) in [5, 5.41) is 15.1. The van der Waals surface area contributed by atoms with E-state index in [-0.39, 0.29) is 5.91 Å². The van der Waals surface area contributed by atoms with Crippen molar-refractivity contribution in [2.75, 3.05) is 17.7 Å². The van der Waals surface area contributed by atoms with Crippen LogP contribution in [0.25, 0.3) is 16.9 Å². The molecular formula is C26H25N7O2. The van der Waals surface area contributed by atoms with Gasteiger partial charge < -0.3 is 15.4 Å². The molecule has 1 amide bonds. The first-order valence-electron chi connectivity index (χ1n) is 11.3. The van der Waals surface area contributed by atoms with Gasteiger partial charge in [0.25, 0.3) is 5.91 Å². The minimum atomic E-state index is -0.193. The van der Waals surface area contributed by atoms with Crippen LogP contribution in [0.2, 0.25) is 0 Å². The molecule has 0 saturated heterocycles. The third-order valence-electron chi connectivity index (χ3n) is 5.59. The highest BCUT2D eigenvalue weighted by molar-refractivity contribution is 6.04. The van der Waals surface area contributed by atoms with Crippen molar-refractivity contribution in [3.8, 4) is 17.0 Å². The molecule has 0 fully saturated rings. The zero-order chi connectivity index (χ0) is 24.4. The molecule has 0 aliphatic heterocycles. The van der Waals surface area contributed by atoms with Crippen LogP contribution >= 0.6 is 0 Å². The molecule has 0 radical (unpaired) electrons. The van der Waals surface area contributed by atoms with E-state index >= 15 is 0 Å². The number of amides is 1. The Labute approximate surface area is 202 Å². The molecule has 0 aliphatic rings. The molecule has 176 valence electrons. The molecule has 2 aromatic carbocycles.